The Kier molecular flexibility index (Phi) is 4.85. The lowest BCUT2D eigenvalue weighted by atomic mass is 10.2. The summed E-state index contributed by atoms with van der Waals surface area (Å²) >= 11 is 0. The van der Waals surface area contributed by atoms with Crippen molar-refractivity contribution in [3.05, 3.63) is 59.9 Å². The molecule has 130 valence electrons. The lowest BCUT2D eigenvalue weighted by Crippen LogP contribution is -2.26. The van der Waals surface area contributed by atoms with Gasteiger partial charge in [-0.05, 0) is 30.7 Å². The smallest absolute Gasteiger partial charge is 0.252 e. The molecule has 0 aliphatic rings. The number of aromatic nitrogens is 2. The molecular weight excluding hydrogens is 338 g/mol. The van der Waals surface area contributed by atoms with Crippen LogP contribution in [0.1, 0.15) is 22.6 Å². The zero-order chi connectivity index (χ0) is 17.9. The summed E-state index contributed by atoms with van der Waals surface area (Å²) in [7, 11) is -3.44. The number of para-hydroxylation sites is 2. The zero-order valence-corrected chi connectivity index (χ0v) is 14.6. The number of sulfone groups is 1. The first-order valence-corrected chi connectivity index (χ1v) is 9.85. The van der Waals surface area contributed by atoms with Gasteiger partial charge in [0.15, 0.2) is 9.84 Å². The van der Waals surface area contributed by atoms with Gasteiger partial charge in [0.05, 0.1) is 21.5 Å². The average molecular weight is 357 g/mol. The van der Waals surface area contributed by atoms with Gasteiger partial charge in [0.25, 0.3) is 5.91 Å². The molecule has 3 rings (SSSR count). The quantitative estimate of drug-likeness (QED) is 0.662. The molecule has 3 aromatic rings. The van der Waals surface area contributed by atoms with Crippen molar-refractivity contribution in [1.82, 2.24) is 15.3 Å². The van der Waals surface area contributed by atoms with Gasteiger partial charge in [-0.1, -0.05) is 24.3 Å². The minimum atomic E-state index is -3.44. The first kappa shape index (κ1) is 17.2. The monoisotopic (exact) mass is 357 g/mol. The molecule has 0 unspecified atom stereocenters. The molecule has 0 saturated carbocycles. The largest absolute Gasteiger partial charge is 0.352 e. The van der Waals surface area contributed by atoms with Gasteiger partial charge in [0, 0.05) is 19.2 Å². The van der Waals surface area contributed by atoms with Crippen molar-refractivity contribution in [2.75, 3.05) is 12.8 Å². The van der Waals surface area contributed by atoms with E-state index in [2.05, 4.69) is 15.3 Å². The van der Waals surface area contributed by atoms with E-state index in [-0.39, 0.29) is 16.4 Å². The van der Waals surface area contributed by atoms with E-state index in [0.29, 0.717) is 19.4 Å². The number of amides is 1. The number of hydrogen-bond acceptors (Lipinski definition) is 4. The summed E-state index contributed by atoms with van der Waals surface area (Å²) in [5.74, 6) is 0.484. The summed E-state index contributed by atoms with van der Waals surface area (Å²) in [6.45, 7) is 0.438. The lowest BCUT2D eigenvalue weighted by molar-refractivity contribution is 0.0950. The standard InChI is InChI=1S/C18H19N3O3S/c1-25(23,24)16-10-5-2-7-13(16)18(22)19-12-6-11-17-20-14-8-3-4-9-15(14)21-17/h2-5,7-10H,6,11-12H2,1H3,(H,19,22)(H,20,21). The van der Waals surface area contributed by atoms with Crippen LogP contribution in [0.4, 0.5) is 0 Å². The number of benzene rings is 2. The van der Waals surface area contributed by atoms with Crippen LogP contribution in [-0.4, -0.2) is 37.1 Å². The molecule has 0 saturated heterocycles. The number of carbonyl (C=O) groups is 1. The number of nitrogens with zero attached hydrogens (tertiary/aromatic N) is 1. The average Bonchev–Trinajstić information content (AvgIpc) is 3.00. The topological polar surface area (TPSA) is 91.9 Å². The molecule has 2 N–H and O–H groups in total. The highest BCUT2D eigenvalue weighted by Gasteiger charge is 2.17. The van der Waals surface area contributed by atoms with Crippen molar-refractivity contribution in [2.45, 2.75) is 17.7 Å². The molecule has 0 aliphatic heterocycles. The highest BCUT2D eigenvalue weighted by atomic mass is 32.2. The third-order valence-electron chi connectivity index (χ3n) is 3.85. The van der Waals surface area contributed by atoms with E-state index in [1.807, 2.05) is 24.3 Å². The number of aromatic amines is 1. The van der Waals surface area contributed by atoms with Crippen LogP contribution in [0.2, 0.25) is 0 Å². The molecule has 2 aromatic carbocycles. The van der Waals surface area contributed by atoms with Crippen molar-refractivity contribution < 1.29 is 13.2 Å². The summed E-state index contributed by atoms with van der Waals surface area (Å²) < 4.78 is 23.5. The van der Waals surface area contributed by atoms with Crippen LogP contribution in [0.5, 0.6) is 0 Å². The van der Waals surface area contributed by atoms with Crippen LogP contribution in [-0.2, 0) is 16.3 Å². The predicted octanol–water partition coefficient (Wildman–Crippen LogP) is 2.33. The van der Waals surface area contributed by atoms with Gasteiger partial charge in [-0.25, -0.2) is 13.4 Å². The van der Waals surface area contributed by atoms with Crippen LogP contribution >= 0.6 is 0 Å². The Bertz CT molecular complexity index is 976. The van der Waals surface area contributed by atoms with Crippen LogP contribution in [0.15, 0.2) is 53.4 Å². The molecule has 0 fully saturated rings. The molecule has 7 heteroatoms. The van der Waals surface area contributed by atoms with E-state index in [9.17, 15) is 13.2 Å². The number of aryl methyl sites for hydroxylation is 1. The summed E-state index contributed by atoms with van der Waals surface area (Å²) in [6.07, 6.45) is 2.50. The van der Waals surface area contributed by atoms with Crippen molar-refractivity contribution in [3.8, 4) is 0 Å². The Morgan fingerprint density at radius 2 is 1.84 bits per heavy atom. The second kappa shape index (κ2) is 7.06. The maximum Gasteiger partial charge on any atom is 0.252 e. The predicted molar refractivity (Wildman–Crippen MR) is 96.3 cm³/mol. The Morgan fingerprint density at radius 1 is 1.12 bits per heavy atom. The molecule has 1 amide bonds. The number of rotatable bonds is 6. The van der Waals surface area contributed by atoms with E-state index in [0.717, 1.165) is 23.1 Å². The maximum atomic E-state index is 12.3. The van der Waals surface area contributed by atoms with Crippen molar-refractivity contribution in [3.63, 3.8) is 0 Å². The molecule has 25 heavy (non-hydrogen) atoms. The van der Waals surface area contributed by atoms with Crippen LogP contribution in [0.3, 0.4) is 0 Å². The summed E-state index contributed by atoms with van der Waals surface area (Å²) in [4.78, 5) is 20.0. The normalized spacial score (nSPS) is 11.6. The molecule has 0 atom stereocenters. The first-order valence-electron chi connectivity index (χ1n) is 7.96. The van der Waals surface area contributed by atoms with Crippen LogP contribution < -0.4 is 5.32 Å². The highest BCUT2D eigenvalue weighted by Crippen LogP contribution is 2.15. The van der Waals surface area contributed by atoms with Gasteiger partial charge in [-0.2, -0.15) is 0 Å². The number of fused-ring (bicyclic) bond motifs is 1. The molecule has 1 heterocycles. The second-order valence-corrected chi connectivity index (χ2v) is 7.81. The molecular formula is C18H19N3O3S. The summed E-state index contributed by atoms with van der Waals surface area (Å²) in [5.41, 5.74) is 2.08. The molecule has 0 bridgehead atoms. The number of imidazole rings is 1. The number of H-pyrrole nitrogens is 1. The van der Waals surface area contributed by atoms with Gasteiger partial charge in [-0.15, -0.1) is 0 Å². The van der Waals surface area contributed by atoms with Crippen molar-refractivity contribution in [1.29, 1.82) is 0 Å². The summed E-state index contributed by atoms with van der Waals surface area (Å²) in [5, 5.41) is 2.77. The fraction of sp³-hybridized carbons (Fsp3) is 0.222. The van der Waals surface area contributed by atoms with Crippen molar-refractivity contribution in [2.24, 2.45) is 0 Å². The number of nitrogens with one attached hydrogen (secondary N) is 2. The van der Waals surface area contributed by atoms with E-state index in [1.165, 1.54) is 12.1 Å². The van der Waals surface area contributed by atoms with E-state index >= 15 is 0 Å². The molecule has 6 nitrogen and oxygen atoms in total. The SMILES string of the molecule is CS(=O)(=O)c1ccccc1C(=O)NCCCc1nc2ccccc2[nH]1. The number of carbonyl (C=O) groups excluding carboxylic acids is 1. The molecule has 0 radical (unpaired) electrons. The van der Waals surface area contributed by atoms with Gasteiger partial charge in [0.2, 0.25) is 0 Å². The van der Waals surface area contributed by atoms with Crippen LogP contribution in [0.25, 0.3) is 11.0 Å². The second-order valence-electron chi connectivity index (χ2n) is 5.83. The first-order chi connectivity index (χ1) is 11.9. The highest BCUT2D eigenvalue weighted by molar-refractivity contribution is 7.90. The third kappa shape index (κ3) is 4.06. The molecule has 1 aromatic heterocycles. The fourth-order valence-electron chi connectivity index (χ4n) is 2.65. The third-order valence-corrected chi connectivity index (χ3v) is 5.00. The minimum absolute atomic E-state index is 0.0461. The maximum absolute atomic E-state index is 12.3. The Morgan fingerprint density at radius 3 is 2.60 bits per heavy atom. The van der Waals surface area contributed by atoms with Crippen LogP contribution in [0, 0.1) is 0 Å². The Balaban J connectivity index is 1.58. The van der Waals surface area contributed by atoms with Gasteiger partial charge in [0.1, 0.15) is 5.82 Å². The Hall–Kier alpha value is -2.67. The minimum Gasteiger partial charge on any atom is -0.352 e. The van der Waals surface area contributed by atoms with E-state index in [1.54, 1.807) is 12.1 Å². The van der Waals surface area contributed by atoms with Crippen molar-refractivity contribution >= 4 is 26.8 Å². The Labute approximate surface area is 146 Å². The molecule has 0 aliphatic carbocycles. The number of hydrogen-bond donors (Lipinski definition) is 2. The fourth-order valence-corrected chi connectivity index (χ4v) is 3.54. The van der Waals surface area contributed by atoms with Gasteiger partial charge >= 0.3 is 0 Å². The van der Waals surface area contributed by atoms with E-state index < -0.39 is 9.84 Å². The lowest BCUT2D eigenvalue weighted by Gasteiger charge is -2.08. The van der Waals surface area contributed by atoms with E-state index in [4.69, 9.17) is 0 Å². The van der Waals surface area contributed by atoms with Gasteiger partial charge < -0.3 is 10.3 Å². The molecule has 0 spiro atoms. The zero-order valence-electron chi connectivity index (χ0n) is 13.8. The van der Waals surface area contributed by atoms with Gasteiger partial charge in [-0.3, -0.25) is 4.79 Å². The summed E-state index contributed by atoms with van der Waals surface area (Å²) in [6, 6.07) is 14.0.